The molecule has 9 nitrogen and oxygen atoms in total. The second-order valence-electron chi connectivity index (χ2n) is 11.6. The van der Waals surface area contributed by atoms with Gasteiger partial charge < -0.3 is 35.9 Å². The number of allylic oxidation sites excluding steroid dienone is 2. The fourth-order valence-corrected chi connectivity index (χ4v) is 5.77. The maximum Gasteiger partial charge on any atom is 0.185 e. The number of carbonyl (C=O) groups is 2. The van der Waals surface area contributed by atoms with E-state index < -0.39 is 0 Å². The number of aliphatic hydroxyl groups excluding tert-OH is 1. The van der Waals surface area contributed by atoms with Gasteiger partial charge in [-0.15, -0.1) is 0 Å². The number of Topliss-reactive ketones (excluding diaryl/α,β-unsaturated/α-hetero) is 1. The molecule has 236 valence electrons. The van der Waals surface area contributed by atoms with Crippen molar-refractivity contribution in [3.63, 3.8) is 0 Å². The Balaban J connectivity index is 2.41. The van der Waals surface area contributed by atoms with E-state index in [1.807, 2.05) is 25.1 Å². The molecule has 1 saturated carbocycles. The minimum absolute atomic E-state index is 0.00565. The minimum atomic E-state index is -0.168. The first-order chi connectivity index (χ1) is 20.2. The lowest BCUT2D eigenvalue weighted by atomic mass is 9.79. The van der Waals surface area contributed by atoms with E-state index in [-0.39, 0.29) is 53.7 Å². The van der Waals surface area contributed by atoms with Crippen LogP contribution in [-0.4, -0.2) is 60.7 Å². The van der Waals surface area contributed by atoms with Gasteiger partial charge in [-0.05, 0) is 107 Å². The lowest BCUT2D eigenvalue weighted by Gasteiger charge is -2.29. The summed E-state index contributed by atoms with van der Waals surface area (Å²) < 4.78 is 11.9. The van der Waals surface area contributed by atoms with Crippen molar-refractivity contribution in [1.29, 1.82) is 0 Å². The van der Waals surface area contributed by atoms with Crippen LogP contribution in [0.1, 0.15) is 102 Å². The number of aliphatic hydroxyl groups is 1. The number of carbonyl (C=O) groups excluding carboxylic acids is 2. The van der Waals surface area contributed by atoms with Crippen molar-refractivity contribution in [1.82, 2.24) is 0 Å². The summed E-state index contributed by atoms with van der Waals surface area (Å²) in [7, 11) is 1.65. The minimum Gasteiger partial charge on any atom is -0.504 e. The summed E-state index contributed by atoms with van der Waals surface area (Å²) in [5.74, 6) is 0.708. The molecule has 0 heterocycles. The number of nitrogens with two attached hydrogens (primary N) is 2. The third kappa shape index (κ3) is 12.5. The summed E-state index contributed by atoms with van der Waals surface area (Å²) in [6.07, 6.45) is 12.4. The zero-order valence-electron chi connectivity index (χ0n) is 25.9. The van der Waals surface area contributed by atoms with Crippen LogP contribution in [0, 0.1) is 11.8 Å². The predicted octanol–water partition coefficient (Wildman–Crippen LogP) is 4.95. The number of ketones is 2. The molecule has 42 heavy (non-hydrogen) atoms. The van der Waals surface area contributed by atoms with Gasteiger partial charge in [0.15, 0.2) is 23.2 Å². The molecule has 0 saturated heterocycles. The van der Waals surface area contributed by atoms with Crippen LogP contribution in [0.25, 0.3) is 0 Å². The summed E-state index contributed by atoms with van der Waals surface area (Å²) in [6, 6.07) is 3.83. The van der Waals surface area contributed by atoms with E-state index in [4.69, 9.17) is 20.9 Å². The normalized spacial score (nSPS) is 15.9. The highest BCUT2D eigenvalue weighted by Gasteiger charge is 2.29. The van der Waals surface area contributed by atoms with Crippen LogP contribution in [0.5, 0.6) is 11.5 Å². The summed E-state index contributed by atoms with van der Waals surface area (Å²) in [5.41, 5.74) is 12.6. The van der Waals surface area contributed by atoms with Crippen LogP contribution in [0.2, 0.25) is 0 Å². The lowest BCUT2D eigenvalue weighted by Crippen LogP contribution is -2.23. The molecule has 0 bridgehead atoms. The third-order valence-corrected chi connectivity index (χ3v) is 8.18. The topological polar surface area (TPSA) is 157 Å². The van der Waals surface area contributed by atoms with Crippen LogP contribution in [-0.2, 0) is 20.7 Å². The molecule has 0 unspecified atom stereocenters. The van der Waals surface area contributed by atoms with E-state index in [0.717, 1.165) is 56.1 Å². The summed E-state index contributed by atoms with van der Waals surface area (Å²) in [5, 5.41) is 20.8. The van der Waals surface area contributed by atoms with E-state index in [2.05, 4.69) is 4.99 Å². The number of nitrogens with zero attached hydrogens (tertiary/aromatic N) is 1. The standard InChI is InChI=1S/C33H53N3O6/c1-4-24(17-19-37)12-14-27(39)15-13-25-20-30(32(40)31(21-25)42-28-9-5-6-10-28)29(16-11-23(2)38)26(22-41-3)8-7-18-36-33(34)35/h12,14,20-21,24,26,28-29,37,40H,4-11,13,15-19,22H2,1-3H3,(H4,34,35,36)/b14-12+/t24-,26-,29-/m1/s1. The molecule has 1 aromatic carbocycles. The first-order valence-corrected chi connectivity index (χ1v) is 15.6. The van der Waals surface area contributed by atoms with Crippen LogP contribution >= 0.6 is 0 Å². The van der Waals surface area contributed by atoms with Gasteiger partial charge in [-0.25, -0.2) is 0 Å². The van der Waals surface area contributed by atoms with Crippen LogP contribution in [0.15, 0.2) is 29.3 Å². The van der Waals surface area contributed by atoms with Crippen molar-refractivity contribution in [2.75, 3.05) is 26.9 Å². The second kappa shape index (κ2) is 19.3. The average molecular weight is 588 g/mol. The van der Waals surface area contributed by atoms with Crippen LogP contribution in [0.4, 0.5) is 0 Å². The Bertz CT molecular complexity index is 1030. The number of aromatic hydroxyl groups is 1. The molecule has 0 aromatic heterocycles. The van der Waals surface area contributed by atoms with E-state index in [1.165, 1.54) is 0 Å². The van der Waals surface area contributed by atoms with Crippen molar-refractivity contribution in [2.24, 2.45) is 28.3 Å². The Kier molecular flexibility index (Phi) is 16.2. The SMILES string of the molecule is CC[C@H](/C=C/C(=O)CCc1cc(OC2CCCC2)c(O)c([C@H](CCC(C)=O)[C@H](CCCN=C(N)N)COC)c1)CCO. The highest BCUT2D eigenvalue weighted by Crippen LogP contribution is 2.44. The van der Waals surface area contributed by atoms with Crippen LogP contribution in [0.3, 0.4) is 0 Å². The Hall–Kier alpha value is -2.91. The van der Waals surface area contributed by atoms with E-state index >= 15 is 0 Å². The zero-order chi connectivity index (χ0) is 30.9. The largest absolute Gasteiger partial charge is 0.504 e. The number of phenolic OH excluding ortho intramolecular Hbond substituents is 1. The first-order valence-electron chi connectivity index (χ1n) is 15.6. The maximum atomic E-state index is 12.7. The van der Waals surface area contributed by atoms with Gasteiger partial charge in [0.05, 0.1) is 6.10 Å². The van der Waals surface area contributed by atoms with Crippen LogP contribution < -0.4 is 16.2 Å². The average Bonchev–Trinajstić information content (AvgIpc) is 3.47. The molecule has 0 radical (unpaired) electrons. The monoisotopic (exact) mass is 587 g/mol. The van der Waals surface area contributed by atoms with Gasteiger partial charge in [0.1, 0.15) is 5.78 Å². The van der Waals surface area contributed by atoms with Crippen molar-refractivity contribution in [2.45, 2.75) is 103 Å². The number of aliphatic imine (C=N–C) groups is 1. The summed E-state index contributed by atoms with van der Waals surface area (Å²) in [4.78, 5) is 28.9. The molecule has 1 aromatic rings. The second-order valence-corrected chi connectivity index (χ2v) is 11.6. The number of rotatable bonds is 21. The molecule has 6 N–H and O–H groups in total. The quantitative estimate of drug-likeness (QED) is 0.0681. The third-order valence-electron chi connectivity index (χ3n) is 8.18. The molecule has 9 heteroatoms. The number of phenols is 1. The molecular weight excluding hydrogens is 534 g/mol. The van der Waals surface area contributed by atoms with Gasteiger partial charge in [0.2, 0.25) is 0 Å². The number of ether oxygens (including phenoxy) is 2. The fraction of sp³-hybridized carbons (Fsp3) is 0.667. The molecule has 0 amide bonds. The van der Waals surface area contributed by atoms with Crippen molar-refractivity contribution >= 4 is 17.5 Å². The molecule has 1 aliphatic carbocycles. The molecular formula is C33H53N3O6. The van der Waals surface area contributed by atoms with Gasteiger partial charge in [0.25, 0.3) is 0 Å². The van der Waals surface area contributed by atoms with Gasteiger partial charge in [-0.2, -0.15) is 0 Å². The Morgan fingerprint density at radius 3 is 2.50 bits per heavy atom. The first kappa shape index (κ1) is 35.3. The molecule has 0 aliphatic heterocycles. The van der Waals surface area contributed by atoms with Crippen molar-refractivity contribution < 1.29 is 29.3 Å². The number of guanidine groups is 1. The zero-order valence-corrected chi connectivity index (χ0v) is 25.9. The van der Waals surface area contributed by atoms with Gasteiger partial charge in [0, 0.05) is 45.3 Å². The number of hydrogen-bond acceptors (Lipinski definition) is 7. The molecule has 1 fully saturated rings. The highest BCUT2D eigenvalue weighted by molar-refractivity contribution is 5.89. The van der Waals surface area contributed by atoms with Gasteiger partial charge in [-0.1, -0.05) is 19.1 Å². The Morgan fingerprint density at radius 1 is 1.14 bits per heavy atom. The number of hydrogen-bond donors (Lipinski definition) is 4. The fourth-order valence-electron chi connectivity index (χ4n) is 5.77. The Morgan fingerprint density at radius 2 is 1.88 bits per heavy atom. The van der Waals surface area contributed by atoms with E-state index in [1.54, 1.807) is 20.1 Å². The van der Waals surface area contributed by atoms with E-state index in [9.17, 15) is 19.8 Å². The Labute approximate surface area is 251 Å². The molecule has 3 atom stereocenters. The van der Waals surface area contributed by atoms with Crippen molar-refractivity contribution in [3.05, 3.63) is 35.4 Å². The van der Waals surface area contributed by atoms with Gasteiger partial charge in [-0.3, -0.25) is 9.79 Å². The summed E-state index contributed by atoms with van der Waals surface area (Å²) >= 11 is 0. The van der Waals surface area contributed by atoms with Gasteiger partial charge >= 0.3 is 0 Å². The lowest BCUT2D eigenvalue weighted by molar-refractivity contribution is -0.117. The predicted molar refractivity (Wildman–Crippen MR) is 167 cm³/mol. The number of aryl methyl sites for hydroxylation is 1. The molecule has 1 aliphatic rings. The molecule has 0 spiro atoms. The van der Waals surface area contributed by atoms with E-state index in [0.29, 0.717) is 51.0 Å². The molecule has 2 rings (SSSR count). The summed E-state index contributed by atoms with van der Waals surface area (Å²) in [6.45, 7) is 4.65. The number of benzene rings is 1. The highest BCUT2D eigenvalue weighted by atomic mass is 16.5. The van der Waals surface area contributed by atoms with Crippen molar-refractivity contribution in [3.8, 4) is 11.5 Å². The smallest absolute Gasteiger partial charge is 0.185 e. The maximum absolute atomic E-state index is 12.7. The number of methoxy groups -OCH3 is 1.